The molecule has 2 aromatic rings. The first-order valence-corrected chi connectivity index (χ1v) is 7.33. The van der Waals surface area contributed by atoms with E-state index in [0.717, 1.165) is 11.1 Å². The minimum atomic E-state index is -0.867. The van der Waals surface area contributed by atoms with Crippen molar-refractivity contribution in [3.8, 4) is 5.75 Å². The van der Waals surface area contributed by atoms with Crippen molar-refractivity contribution in [2.75, 3.05) is 19.0 Å². The number of carbonyl (C=O) groups excluding carboxylic acids is 2. The zero-order valence-corrected chi connectivity index (χ0v) is 13.4. The van der Waals surface area contributed by atoms with Crippen molar-refractivity contribution in [3.63, 3.8) is 0 Å². The van der Waals surface area contributed by atoms with E-state index in [1.54, 1.807) is 18.2 Å². The molecule has 3 N–H and O–H groups in total. The molecular weight excluding hydrogens is 310 g/mol. The lowest BCUT2D eigenvalue weighted by Gasteiger charge is -2.18. The highest BCUT2D eigenvalue weighted by Gasteiger charge is 2.21. The van der Waals surface area contributed by atoms with E-state index in [9.17, 15) is 14.7 Å². The molecule has 0 saturated carbocycles. The number of rotatable bonds is 5. The van der Waals surface area contributed by atoms with E-state index in [2.05, 4.69) is 15.6 Å². The van der Waals surface area contributed by atoms with Crippen LogP contribution in [0.2, 0.25) is 0 Å². The summed E-state index contributed by atoms with van der Waals surface area (Å²) in [6.45, 7) is 1.55. The van der Waals surface area contributed by atoms with Gasteiger partial charge in [-0.05, 0) is 18.1 Å². The first-order valence-electron chi connectivity index (χ1n) is 7.33. The van der Waals surface area contributed by atoms with Crippen LogP contribution in [-0.2, 0) is 9.59 Å². The Morgan fingerprint density at radius 3 is 2.67 bits per heavy atom. The van der Waals surface area contributed by atoms with E-state index in [1.807, 2.05) is 19.1 Å². The number of hydrogen-bond acceptors (Lipinski definition) is 5. The fourth-order valence-electron chi connectivity index (χ4n) is 2.26. The van der Waals surface area contributed by atoms with Crippen molar-refractivity contribution >= 4 is 17.5 Å². The summed E-state index contributed by atoms with van der Waals surface area (Å²) in [5, 5.41) is 14.5. The standard InChI is InChI=1S/C17H19N3O4/c1-11-5-3-4-6-12(11)14(10-21)20-17(23)16(22)19-13-9-18-8-7-15(13)24-2/h3-9,14,21H,10H2,1-2H3,(H,19,22)(H,20,23). The third-order valence-electron chi connectivity index (χ3n) is 3.51. The summed E-state index contributed by atoms with van der Waals surface area (Å²) < 4.78 is 5.09. The predicted octanol–water partition coefficient (Wildman–Crippen LogP) is 1.19. The highest BCUT2D eigenvalue weighted by molar-refractivity contribution is 6.39. The lowest BCUT2D eigenvalue weighted by atomic mass is 10.0. The molecule has 7 nitrogen and oxygen atoms in total. The Labute approximate surface area is 139 Å². The van der Waals surface area contributed by atoms with Crippen LogP contribution in [0.3, 0.4) is 0 Å². The molecule has 0 saturated heterocycles. The number of benzene rings is 1. The number of aryl methyl sites for hydroxylation is 1. The molecule has 1 heterocycles. The maximum absolute atomic E-state index is 12.1. The van der Waals surface area contributed by atoms with Crippen LogP contribution in [0, 0.1) is 6.92 Å². The van der Waals surface area contributed by atoms with E-state index in [-0.39, 0.29) is 12.3 Å². The number of aromatic nitrogens is 1. The van der Waals surface area contributed by atoms with Gasteiger partial charge in [0.15, 0.2) is 0 Å². The van der Waals surface area contributed by atoms with Crippen LogP contribution in [0.4, 0.5) is 5.69 Å². The second kappa shape index (κ2) is 8.07. The minimum absolute atomic E-state index is 0.289. The molecule has 0 bridgehead atoms. The number of ether oxygens (including phenoxy) is 1. The first kappa shape index (κ1) is 17.4. The predicted molar refractivity (Wildman–Crippen MR) is 88.6 cm³/mol. The second-order valence-corrected chi connectivity index (χ2v) is 5.10. The Morgan fingerprint density at radius 2 is 2.00 bits per heavy atom. The number of nitrogens with one attached hydrogen (secondary N) is 2. The molecule has 1 unspecified atom stereocenters. The monoisotopic (exact) mass is 329 g/mol. The zero-order chi connectivity index (χ0) is 17.5. The molecule has 1 atom stereocenters. The third kappa shape index (κ3) is 4.08. The van der Waals surface area contributed by atoms with Gasteiger partial charge in [0.05, 0.1) is 26.0 Å². The van der Waals surface area contributed by atoms with Gasteiger partial charge in [-0.1, -0.05) is 24.3 Å². The normalized spacial score (nSPS) is 11.5. The van der Waals surface area contributed by atoms with E-state index >= 15 is 0 Å². The average Bonchev–Trinajstić information content (AvgIpc) is 2.60. The fraction of sp³-hybridized carbons (Fsp3) is 0.235. The van der Waals surface area contributed by atoms with Gasteiger partial charge < -0.3 is 20.5 Å². The molecule has 0 spiro atoms. The van der Waals surface area contributed by atoms with Crippen LogP contribution in [0.25, 0.3) is 0 Å². The topological polar surface area (TPSA) is 101 Å². The van der Waals surface area contributed by atoms with Gasteiger partial charge in [0.2, 0.25) is 0 Å². The van der Waals surface area contributed by atoms with Crippen molar-refractivity contribution in [2.45, 2.75) is 13.0 Å². The number of anilines is 1. The fourth-order valence-corrected chi connectivity index (χ4v) is 2.26. The molecule has 24 heavy (non-hydrogen) atoms. The highest BCUT2D eigenvalue weighted by atomic mass is 16.5. The average molecular weight is 329 g/mol. The number of methoxy groups -OCH3 is 1. The van der Waals surface area contributed by atoms with Crippen molar-refractivity contribution in [2.24, 2.45) is 0 Å². The van der Waals surface area contributed by atoms with Gasteiger partial charge in [-0.3, -0.25) is 14.6 Å². The molecule has 0 aliphatic rings. The minimum Gasteiger partial charge on any atom is -0.494 e. The lowest BCUT2D eigenvalue weighted by molar-refractivity contribution is -0.136. The van der Waals surface area contributed by atoms with Crippen LogP contribution in [0.15, 0.2) is 42.7 Å². The molecule has 2 rings (SSSR count). The van der Waals surface area contributed by atoms with E-state index in [4.69, 9.17) is 4.74 Å². The van der Waals surface area contributed by atoms with E-state index < -0.39 is 17.9 Å². The Hall–Kier alpha value is -2.93. The number of carbonyl (C=O) groups is 2. The van der Waals surface area contributed by atoms with Crippen molar-refractivity contribution < 1.29 is 19.4 Å². The third-order valence-corrected chi connectivity index (χ3v) is 3.51. The lowest BCUT2D eigenvalue weighted by Crippen LogP contribution is -2.39. The highest BCUT2D eigenvalue weighted by Crippen LogP contribution is 2.22. The summed E-state index contributed by atoms with van der Waals surface area (Å²) in [5.74, 6) is -1.33. The van der Waals surface area contributed by atoms with Crippen molar-refractivity contribution in [1.29, 1.82) is 0 Å². The van der Waals surface area contributed by atoms with Gasteiger partial charge in [-0.15, -0.1) is 0 Å². The van der Waals surface area contributed by atoms with Gasteiger partial charge in [0.25, 0.3) is 0 Å². The number of amides is 2. The smallest absolute Gasteiger partial charge is 0.313 e. The molecule has 2 amide bonds. The summed E-state index contributed by atoms with van der Waals surface area (Å²) >= 11 is 0. The number of pyridine rings is 1. The van der Waals surface area contributed by atoms with Crippen LogP contribution in [0.5, 0.6) is 5.75 Å². The Kier molecular flexibility index (Phi) is 5.86. The molecule has 126 valence electrons. The SMILES string of the molecule is COc1ccncc1NC(=O)C(=O)NC(CO)c1ccccc1C. The van der Waals surface area contributed by atoms with E-state index in [1.165, 1.54) is 19.5 Å². The summed E-state index contributed by atoms with van der Waals surface area (Å²) in [5.41, 5.74) is 1.95. The molecule has 0 aliphatic carbocycles. The molecule has 0 aliphatic heterocycles. The van der Waals surface area contributed by atoms with Crippen LogP contribution in [0.1, 0.15) is 17.2 Å². The summed E-state index contributed by atoms with van der Waals surface area (Å²) in [4.78, 5) is 28.0. The number of aliphatic hydroxyl groups is 1. The molecule has 0 fully saturated rings. The van der Waals surface area contributed by atoms with Crippen LogP contribution >= 0.6 is 0 Å². The largest absolute Gasteiger partial charge is 0.494 e. The maximum atomic E-state index is 12.1. The van der Waals surface area contributed by atoms with Gasteiger partial charge in [0, 0.05) is 12.3 Å². The summed E-state index contributed by atoms with van der Waals surface area (Å²) in [7, 11) is 1.45. The molecule has 1 aromatic carbocycles. The van der Waals surface area contributed by atoms with Crippen molar-refractivity contribution in [1.82, 2.24) is 10.3 Å². The van der Waals surface area contributed by atoms with Crippen LogP contribution in [-0.4, -0.2) is 35.6 Å². The summed E-state index contributed by atoms with van der Waals surface area (Å²) in [6.07, 6.45) is 2.89. The Bertz CT molecular complexity index is 733. The number of nitrogens with zero attached hydrogens (tertiary/aromatic N) is 1. The Balaban J connectivity index is 2.08. The Morgan fingerprint density at radius 1 is 1.25 bits per heavy atom. The van der Waals surface area contributed by atoms with Crippen LogP contribution < -0.4 is 15.4 Å². The molecular formula is C17H19N3O4. The molecule has 7 heteroatoms. The zero-order valence-electron chi connectivity index (χ0n) is 13.4. The van der Waals surface area contributed by atoms with Gasteiger partial charge in [0.1, 0.15) is 11.4 Å². The number of aliphatic hydroxyl groups excluding tert-OH is 1. The maximum Gasteiger partial charge on any atom is 0.313 e. The van der Waals surface area contributed by atoms with Gasteiger partial charge >= 0.3 is 11.8 Å². The van der Waals surface area contributed by atoms with Gasteiger partial charge in [-0.2, -0.15) is 0 Å². The quantitative estimate of drug-likeness (QED) is 0.715. The molecule has 1 aromatic heterocycles. The summed E-state index contributed by atoms with van der Waals surface area (Å²) in [6, 6.07) is 8.22. The molecule has 0 radical (unpaired) electrons. The first-order chi connectivity index (χ1) is 11.6. The van der Waals surface area contributed by atoms with E-state index in [0.29, 0.717) is 5.75 Å². The van der Waals surface area contributed by atoms with Gasteiger partial charge in [-0.25, -0.2) is 0 Å². The van der Waals surface area contributed by atoms with Crippen molar-refractivity contribution in [3.05, 3.63) is 53.9 Å². The second-order valence-electron chi connectivity index (χ2n) is 5.10. The number of hydrogen-bond donors (Lipinski definition) is 3.